The number of hydrogen-bond acceptors (Lipinski definition) is 7. The highest BCUT2D eigenvalue weighted by molar-refractivity contribution is 7.94. The lowest BCUT2D eigenvalue weighted by Crippen LogP contribution is -2.16. The summed E-state index contributed by atoms with van der Waals surface area (Å²) < 4.78 is 37.3. The zero-order chi connectivity index (χ0) is 19.6. The lowest BCUT2D eigenvalue weighted by Gasteiger charge is -2.11. The lowest BCUT2D eigenvalue weighted by molar-refractivity contribution is 0.0596. The van der Waals surface area contributed by atoms with E-state index in [1.54, 1.807) is 19.1 Å². The standard InChI is InChI=1S/C17H19NO6S2/c1-9-6-7-12(10(2)8-9)18-26(21,22)17-13(15(19)23-4)11(3)14(25-17)16(20)24-5/h6-8,18H,1-5H3. The first-order chi connectivity index (χ1) is 12.1. The lowest BCUT2D eigenvalue weighted by atomic mass is 10.1. The third kappa shape index (κ3) is 3.73. The van der Waals surface area contributed by atoms with Crippen molar-refractivity contribution < 1.29 is 27.5 Å². The molecule has 7 nitrogen and oxygen atoms in total. The Morgan fingerprint density at radius 1 is 1.04 bits per heavy atom. The smallest absolute Gasteiger partial charge is 0.348 e. The van der Waals surface area contributed by atoms with E-state index in [2.05, 4.69) is 9.46 Å². The zero-order valence-corrected chi connectivity index (χ0v) is 16.6. The minimum Gasteiger partial charge on any atom is -0.465 e. The van der Waals surface area contributed by atoms with Gasteiger partial charge in [-0.3, -0.25) is 4.72 Å². The first kappa shape index (κ1) is 19.9. The summed E-state index contributed by atoms with van der Waals surface area (Å²) in [5.41, 5.74) is 2.14. The van der Waals surface area contributed by atoms with E-state index in [0.717, 1.165) is 18.2 Å². The first-order valence-electron chi connectivity index (χ1n) is 7.52. The molecule has 0 spiro atoms. The Morgan fingerprint density at radius 2 is 1.65 bits per heavy atom. The Bertz CT molecular complexity index is 975. The summed E-state index contributed by atoms with van der Waals surface area (Å²) in [5, 5.41) is 0. The van der Waals surface area contributed by atoms with Crippen LogP contribution in [0.2, 0.25) is 0 Å². The number of aryl methyl sites for hydroxylation is 2. The van der Waals surface area contributed by atoms with E-state index < -0.39 is 22.0 Å². The summed E-state index contributed by atoms with van der Waals surface area (Å²) in [4.78, 5) is 24.1. The van der Waals surface area contributed by atoms with Crippen LogP contribution in [-0.2, 0) is 19.5 Å². The van der Waals surface area contributed by atoms with Crippen molar-refractivity contribution in [2.24, 2.45) is 0 Å². The van der Waals surface area contributed by atoms with Gasteiger partial charge in [0.05, 0.1) is 25.5 Å². The average Bonchev–Trinajstić information content (AvgIpc) is 2.94. The molecular weight excluding hydrogens is 378 g/mol. The molecule has 140 valence electrons. The van der Waals surface area contributed by atoms with Gasteiger partial charge in [0.1, 0.15) is 4.88 Å². The van der Waals surface area contributed by atoms with Crippen LogP contribution in [0.4, 0.5) is 5.69 Å². The van der Waals surface area contributed by atoms with Crippen molar-refractivity contribution in [3.05, 3.63) is 45.3 Å². The molecule has 0 aliphatic carbocycles. The predicted molar refractivity (Wildman–Crippen MR) is 98.5 cm³/mol. The number of esters is 2. The van der Waals surface area contributed by atoms with Crippen molar-refractivity contribution >= 4 is 39.0 Å². The summed E-state index contributed by atoms with van der Waals surface area (Å²) >= 11 is 0.672. The fourth-order valence-electron chi connectivity index (χ4n) is 2.42. The van der Waals surface area contributed by atoms with Gasteiger partial charge in [-0.25, -0.2) is 18.0 Å². The molecule has 2 rings (SSSR count). The van der Waals surface area contributed by atoms with Crippen molar-refractivity contribution in [3.8, 4) is 0 Å². The molecule has 1 heterocycles. The van der Waals surface area contributed by atoms with Crippen molar-refractivity contribution in [1.82, 2.24) is 0 Å². The molecule has 9 heteroatoms. The van der Waals surface area contributed by atoms with Gasteiger partial charge in [-0.15, -0.1) is 11.3 Å². The number of hydrogen-bond donors (Lipinski definition) is 1. The summed E-state index contributed by atoms with van der Waals surface area (Å²) in [6, 6.07) is 5.24. The number of methoxy groups -OCH3 is 2. The van der Waals surface area contributed by atoms with Crippen LogP contribution >= 0.6 is 11.3 Å². The molecule has 1 aromatic heterocycles. The van der Waals surface area contributed by atoms with Crippen LogP contribution in [0.15, 0.2) is 22.4 Å². The van der Waals surface area contributed by atoms with Crippen molar-refractivity contribution in [2.45, 2.75) is 25.0 Å². The molecule has 0 atom stereocenters. The highest BCUT2D eigenvalue weighted by Crippen LogP contribution is 2.34. The summed E-state index contributed by atoms with van der Waals surface area (Å²) in [6.07, 6.45) is 0. The van der Waals surface area contributed by atoms with Crippen LogP contribution in [0.25, 0.3) is 0 Å². The molecule has 0 unspecified atom stereocenters. The number of ether oxygens (including phenoxy) is 2. The Balaban J connectivity index is 2.61. The van der Waals surface area contributed by atoms with Crippen LogP contribution in [0, 0.1) is 20.8 Å². The highest BCUT2D eigenvalue weighted by Gasteiger charge is 2.32. The van der Waals surface area contributed by atoms with E-state index in [9.17, 15) is 18.0 Å². The van der Waals surface area contributed by atoms with E-state index in [0.29, 0.717) is 17.0 Å². The van der Waals surface area contributed by atoms with E-state index in [1.165, 1.54) is 14.0 Å². The monoisotopic (exact) mass is 397 g/mol. The Morgan fingerprint density at radius 3 is 2.19 bits per heavy atom. The molecule has 26 heavy (non-hydrogen) atoms. The molecule has 0 amide bonds. The molecule has 0 saturated heterocycles. The zero-order valence-electron chi connectivity index (χ0n) is 15.0. The highest BCUT2D eigenvalue weighted by atomic mass is 32.2. The Kier molecular flexibility index (Phi) is 5.72. The van der Waals surface area contributed by atoms with Crippen LogP contribution in [-0.4, -0.2) is 34.6 Å². The summed E-state index contributed by atoms with van der Waals surface area (Å²) in [5.74, 6) is -1.56. The normalized spacial score (nSPS) is 11.1. The van der Waals surface area contributed by atoms with Gasteiger partial charge in [0, 0.05) is 0 Å². The number of thiophene rings is 1. The van der Waals surface area contributed by atoms with E-state index in [4.69, 9.17) is 4.74 Å². The van der Waals surface area contributed by atoms with Gasteiger partial charge >= 0.3 is 11.9 Å². The maximum atomic E-state index is 12.9. The number of rotatable bonds is 5. The molecule has 1 N–H and O–H groups in total. The summed E-state index contributed by atoms with van der Waals surface area (Å²) in [6.45, 7) is 5.14. The van der Waals surface area contributed by atoms with Crippen molar-refractivity contribution in [1.29, 1.82) is 0 Å². The number of carbonyl (C=O) groups is 2. The van der Waals surface area contributed by atoms with E-state index >= 15 is 0 Å². The first-order valence-corrected chi connectivity index (χ1v) is 9.82. The third-order valence-corrected chi connectivity index (χ3v) is 6.90. The van der Waals surface area contributed by atoms with Crippen LogP contribution in [0.5, 0.6) is 0 Å². The second-order valence-electron chi connectivity index (χ2n) is 5.63. The van der Waals surface area contributed by atoms with E-state index in [1.807, 2.05) is 13.0 Å². The van der Waals surface area contributed by atoms with Crippen molar-refractivity contribution in [2.75, 3.05) is 18.9 Å². The van der Waals surface area contributed by atoms with Gasteiger partial charge < -0.3 is 9.47 Å². The van der Waals surface area contributed by atoms with Crippen LogP contribution < -0.4 is 4.72 Å². The van der Waals surface area contributed by atoms with Crippen molar-refractivity contribution in [3.63, 3.8) is 0 Å². The van der Waals surface area contributed by atoms with Gasteiger partial charge in [-0.05, 0) is 38.0 Å². The Hall–Kier alpha value is -2.39. The third-order valence-electron chi connectivity index (χ3n) is 3.75. The Labute approximate surface area is 156 Å². The molecule has 0 saturated carbocycles. The SMILES string of the molecule is COC(=O)c1sc(S(=O)(=O)Nc2ccc(C)cc2C)c(C(=O)OC)c1C. The fraction of sp³-hybridized carbons (Fsp3) is 0.294. The molecule has 1 aromatic carbocycles. The number of benzene rings is 1. The molecule has 2 aromatic rings. The van der Waals surface area contributed by atoms with Gasteiger partial charge in [-0.2, -0.15) is 0 Å². The van der Waals surface area contributed by atoms with Gasteiger partial charge in [0.15, 0.2) is 4.21 Å². The molecule has 0 bridgehead atoms. The number of nitrogens with one attached hydrogen (secondary N) is 1. The summed E-state index contributed by atoms with van der Waals surface area (Å²) in [7, 11) is -1.79. The average molecular weight is 397 g/mol. The molecule has 0 aliphatic heterocycles. The van der Waals surface area contributed by atoms with Crippen LogP contribution in [0.3, 0.4) is 0 Å². The molecular formula is C17H19NO6S2. The fourth-order valence-corrected chi connectivity index (χ4v) is 5.30. The maximum absolute atomic E-state index is 12.9. The van der Waals surface area contributed by atoms with Gasteiger partial charge in [0.25, 0.3) is 10.0 Å². The van der Waals surface area contributed by atoms with Gasteiger partial charge in [0.2, 0.25) is 0 Å². The second kappa shape index (κ2) is 7.46. The topological polar surface area (TPSA) is 98.8 Å². The number of carbonyl (C=O) groups excluding carboxylic acids is 2. The number of sulfonamides is 1. The quantitative estimate of drug-likeness (QED) is 0.779. The molecule has 0 aliphatic rings. The minimum atomic E-state index is -4.12. The predicted octanol–water partition coefficient (Wildman–Crippen LogP) is 3.05. The molecule has 0 radical (unpaired) electrons. The largest absolute Gasteiger partial charge is 0.465 e. The van der Waals surface area contributed by atoms with Crippen LogP contribution in [0.1, 0.15) is 36.7 Å². The second-order valence-corrected chi connectivity index (χ2v) is 8.52. The molecule has 0 fully saturated rings. The van der Waals surface area contributed by atoms with Gasteiger partial charge in [-0.1, -0.05) is 17.7 Å². The number of anilines is 1. The maximum Gasteiger partial charge on any atom is 0.348 e. The minimum absolute atomic E-state index is 0.0360. The van der Waals surface area contributed by atoms with E-state index in [-0.39, 0.29) is 20.2 Å².